The topological polar surface area (TPSA) is 43.6 Å². The lowest BCUT2D eigenvalue weighted by molar-refractivity contribution is 0.734. The number of aryl methyl sites for hydroxylation is 3. The Hall–Kier alpha value is -1.45. The van der Waals surface area contributed by atoms with Gasteiger partial charge in [0.05, 0.1) is 5.69 Å². The second-order valence-electron chi connectivity index (χ2n) is 2.93. The highest BCUT2D eigenvalue weighted by Crippen LogP contribution is 2.13. The van der Waals surface area contributed by atoms with Crippen molar-refractivity contribution in [1.29, 1.82) is 0 Å². The Kier molecular flexibility index (Phi) is 1.36. The summed E-state index contributed by atoms with van der Waals surface area (Å²) < 4.78 is 1.75. The minimum Gasteiger partial charge on any atom is -0.256 e. The van der Waals surface area contributed by atoms with Gasteiger partial charge in [0.15, 0.2) is 0 Å². The van der Waals surface area contributed by atoms with Crippen LogP contribution in [0.25, 0.3) is 11.0 Å². The molecule has 2 aromatic heterocycles. The number of fused-ring (bicyclic) bond motifs is 1. The Morgan fingerprint density at radius 3 is 2.83 bits per heavy atom. The fourth-order valence-corrected chi connectivity index (χ4v) is 1.44. The second kappa shape index (κ2) is 2.27. The van der Waals surface area contributed by atoms with Crippen LogP contribution in [0.3, 0.4) is 0 Å². The standard InChI is InChI=1S/C8H10N4/c1-5-4-7-8(6(2)9-5)12(3)11-10-7/h4H,1-3H3. The summed E-state index contributed by atoms with van der Waals surface area (Å²) in [6.45, 7) is 3.93. The van der Waals surface area contributed by atoms with Crippen LogP contribution in [0.15, 0.2) is 6.07 Å². The Morgan fingerprint density at radius 2 is 2.08 bits per heavy atom. The first-order valence-corrected chi connectivity index (χ1v) is 3.82. The number of pyridine rings is 1. The van der Waals surface area contributed by atoms with E-state index < -0.39 is 0 Å². The summed E-state index contributed by atoms with van der Waals surface area (Å²) in [4.78, 5) is 4.33. The number of hydrogen-bond acceptors (Lipinski definition) is 3. The maximum atomic E-state index is 4.33. The van der Waals surface area contributed by atoms with Crippen molar-refractivity contribution in [1.82, 2.24) is 20.0 Å². The monoisotopic (exact) mass is 162 g/mol. The fourth-order valence-electron chi connectivity index (χ4n) is 1.44. The van der Waals surface area contributed by atoms with Gasteiger partial charge in [-0.15, -0.1) is 5.10 Å². The van der Waals surface area contributed by atoms with Crippen molar-refractivity contribution in [3.63, 3.8) is 0 Å². The number of rotatable bonds is 0. The Labute approximate surface area is 70.2 Å². The van der Waals surface area contributed by atoms with Crippen molar-refractivity contribution >= 4 is 11.0 Å². The highest BCUT2D eigenvalue weighted by atomic mass is 15.4. The van der Waals surface area contributed by atoms with Crippen LogP contribution in [0, 0.1) is 13.8 Å². The lowest BCUT2D eigenvalue weighted by atomic mass is 10.3. The first-order valence-electron chi connectivity index (χ1n) is 3.82. The minimum absolute atomic E-state index is 0.919. The second-order valence-corrected chi connectivity index (χ2v) is 2.93. The van der Waals surface area contributed by atoms with Gasteiger partial charge in [0.2, 0.25) is 0 Å². The van der Waals surface area contributed by atoms with Crippen LogP contribution >= 0.6 is 0 Å². The molecule has 0 aliphatic heterocycles. The highest BCUT2D eigenvalue weighted by Gasteiger charge is 2.05. The normalized spacial score (nSPS) is 10.9. The first-order chi connectivity index (χ1) is 5.68. The number of aromatic nitrogens is 4. The van der Waals surface area contributed by atoms with E-state index in [0.717, 1.165) is 22.4 Å². The minimum atomic E-state index is 0.919. The molecule has 0 bridgehead atoms. The largest absolute Gasteiger partial charge is 0.256 e. The average Bonchev–Trinajstić information content (AvgIpc) is 2.31. The van der Waals surface area contributed by atoms with Gasteiger partial charge in [-0.25, -0.2) is 4.68 Å². The molecule has 0 spiro atoms. The van der Waals surface area contributed by atoms with Crippen LogP contribution in [0.2, 0.25) is 0 Å². The molecule has 62 valence electrons. The van der Waals surface area contributed by atoms with Gasteiger partial charge < -0.3 is 0 Å². The average molecular weight is 162 g/mol. The van der Waals surface area contributed by atoms with Crippen LogP contribution < -0.4 is 0 Å². The Balaban J connectivity index is 2.93. The summed E-state index contributed by atoms with van der Waals surface area (Å²) in [6.07, 6.45) is 0. The van der Waals surface area contributed by atoms with Crippen LogP contribution in [0.5, 0.6) is 0 Å². The van der Waals surface area contributed by atoms with E-state index in [0.29, 0.717) is 0 Å². The molecule has 2 heterocycles. The lowest BCUT2D eigenvalue weighted by Gasteiger charge is -1.97. The molecule has 0 aliphatic carbocycles. The molecule has 0 atom stereocenters. The molecule has 0 aliphatic rings. The molecule has 0 radical (unpaired) electrons. The Morgan fingerprint density at radius 1 is 1.33 bits per heavy atom. The SMILES string of the molecule is Cc1cc2nnn(C)c2c(C)n1. The van der Waals surface area contributed by atoms with E-state index in [1.54, 1.807) is 4.68 Å². The van der Waals surface area contributed by atoms with Gasteiger partial charge in [0.25, 0.3) is 0 Å². The predicted octanol–water partition coefficient (Wildman–Crippen LogP) is 0.980. The third-order valence-corrected chi connectivity index (χ3v) is 1.89. The fraction of sp³-hybridized carbons (Fsp3) is 0.375. The molecular formula is C8H10N4. The Bertz CT molecular complexity index is 430. The number of hydrogen-bond donors (Lipinski definition) is 0. The highest BCUT2D eigenvalue weighted by molar-refractivity contribution is 5.76. The summed E-state index contributed by atoms with van der Waals surface area (Å²) in [5, 5.41) is 7.94. The van der Waals surface area contributed by atoms with E-state index in [1.807, 2.05) is 27.0 Å². The lowest BCUT2D eigenvalue weighted by Crippen LogP contribution is -1.94. The van der Waals surface area contributed by atoms with Gasteiger partial charge in [0, 0.05) is 12.7 Å². The molecule has 2 aromatic rings. The summed E-state index contributed by atoms with van der Waals surface area (Å²) in [5.74, 6) is 0. The van der Waals surface area contributed by atoms with Crippen LogP contribution in [0.4, 0.5) is 0 Å². The van der Waals surface area contributed by atoms with Crippen molar-refractivity contribution in [2.24, 2.45) is 7.05 Å². The van der Waals surface area contributed by atoms with Crippen molar-refractivity contribution in [2.75, 3.05) is 0 Å². The molecular weight excluding hydrogens is 152 g/mol. The quantitative estimate of drug-likeness (QED) is 0.580. The molecule has 4 heteroatoms. The van der Waals surface area contributed by atoms with Crippen molar-refractivity contribution < 1.29 is 0 Å². The zero-order valence-electron chi connectivity index (χ0n) is 7.37. The molecule has 0 amide bonds. The predicted molar refractivity (Wildman–Crippen MR) is 45.8 cm³/mol. The van der Waals surface area contributed by atoms with E-state index in [1.165, 1.54) is 0 Å². The summed E-state index contributed by atoms with van der Waals surface area (Å²) >= 11 is 0. The van der Waals surface area contributed by atoms with Crippen molar-refractivity contribution in [3.05, 3.63) is 17.5 Å². The van der Waals surface area contributed by atoms with Gasteiger partial charge in [-0.2, -0.15) is 0 Å². The first kappa shape index (κ1) is 7.21. The molecule has 0 saturated heterocycles. The summed E-state index contributed by atoms with van der Waals surface area (Å²) in [5.41, 5.74) is 3.90. The van der Waals surface area contributed by atoms with Crippen LogP contribution in [-0.2, 0) is 7.05 Å². The third kappa shape index (κ3) is 0.879. The molecule has 12 heavy (non-hydrogen) atoms. The molecule has 0 saturated carbocycles. The zero-order valence-corrected chi connectivity index (χ0v) is 7.37. The maximum Gasteiger partial charge on any atom is 0.116 e. The van der Waals surface area contributed by atoms with E-state index in [-0.39, 0.29) is 0 Å². The molecule has 4 nitrogen and oxygen atoms in total. The molecule has 2 rings (SSSR count). The smallest absolute Gasteiger partial charge is 0.116 e. The van der Waals surface area contributed by atoms with Crippen molar-refractivity contribution in [2.45, 2.75) is 13.8 Å². The van der Waals surface area contributed by atoms with E-state index in [4.69, 9.17) is 0 Å². The van der Waals surface area contributed by atoms with Gasteiger partial charge in [-0.3, -0.25) is 4.98 Å². The molecule has 0 fully saturated rings. The van der Waals surface area contributed by atoms with Gasteiger partial charge in [0.1, 0.15) is 11.0 Å². The van der Waals surface area contributed by atoms with Crippen LogP contribution in [-0.4, -0.2) is 20.0 Å². The van der Waals surface area contributed by atoms with E-state index in [2.05, 4.69) is 15.3 Å². The maximum absolute atomic E-state index is 4.33. The summed E-state index contributed by atoms with van der Waals surface area (Å²) in [7, 11) is 1.87. The molecule has 0 aromatic carbocycles. The van der Waals surface area contributed by atoms with Gasteiger partial charge in [-0.1, -0.05) is 5.21 Å². The van der Waals surface area contributed by atoms with Crippen molar-refractivity contribution in [3.8, 4) is 0 Å². The molecule has 0 N–H and O–H groups in total. The van der Waals surface area contributed by atoms with E-state index >= 15 is 0 Å². The molecule has 0 unspecified atom stereocenters. The van der Waals surface area contributed by atoms with Gasteiger partial charge >= 0.3 is 0 Å². The summed E-state index contributed by atoms with van der Waals surface area (Å²) in [6, 6.07) is 1.94. The van der Waals surface area contributed by atoms with E-state index in [9.17, 15) is 0 Å². The number of nitrogens with zero attached hydrogens (tertiary/aromatic N) is 4. The van der Waals surface area contributed by atoms with Gasteiger partial charge in [-0.05, 0) is 19.9 Å². The third-order valence-electron chi connectivity index (χ3n) is 1.89. The zero-order chi connectivity index (χ0) is 8.72. The van der Waals surface area contributed by atoms with Crippen LogP contribution in [0.1, 0.15) is 11.4 Å².